The standard InChI is InChI=1S/C21H17NO2/c1-14(23)22-20(12-18-9-10-19(24-2)13-21(18)22)17-8-7-15-5-3-4-6-16(15)11-17/h3-13H,1-2H3. The Morgan fingerprint density at radius 1 is 0.875 bits per heavy atom. The van der Waals surface area contributed by atoms with Crippen LogP contribution in [0.5, 0.6) is 5.75 Å². The van der Waals surface area contributed by atoms with E-state index in [1.165, 1.54) is 5.39 Å². The van der Waals surface area contributed by atoms with Crippen LogP contribution in [0.2, 0.25) is 0 Å². The highest BCUT2D eigenvalue weighted by Gasteiger charge is 2.14. The fourth-order valence-electron chi connectivity index (χ4n) is 3.21. The average Bonchev–Trinajstić information content (AvgIpc) is 3.00. The minimum Gasteiger partial charge on any atom is -0.497 e. The van der Waals surface area contributed by atoms with E-state index in [9.17, 15) is 4.79 Å². The Hall–Kier alpha value is -3.07. The molecule has 0 atom stereocenters. The van der Waals surface area contributed by atoms with Crippen LogP contribution < -0.4 is 4.74 Å². The van der Waals surface area contributed by atoms with Gasteiger partial charge in [0, 0.05) is 18.4 Å². The van der Waals surface area contributed by atoms with Gasteiger partial charge in [0.1, 0.15) is 5.75 Å². The van der Waals surface area contributed by atoms with Crippen molar-refractivity contribution in [3.8, 4) is 17.0 Å². The Labute approximate surface area is 140 Å². The van der Waals surface area contributed by atoms with E-state index in [2.05, 4.69) is 36.4 Å². The largest absolute Gasteiger partial charge is 0.497 e. The molecule has 3 heteroatoms. The average molecular weight is 315 g/mol. The fraction of sp³-hybridized carbons (Fsp3) is 0.0952. The summed E-state index contributed by atoms with van der Waals surface area (Å²) < 4.78 is 7.06. The van der Waals surface area contributed by atoms with Crippen LogP contribution in [0, 0.1) is 0 Å². The molecule has 4 rings (SSSR count). The third-order valence-electron chi connectivity index (χ3n) is 4.37. The lowest BCUT2D eigenvalue weighted by Gasteiger charge is -2.08. The number of nitrogens with zero attached hydrogens (tertiary/aromatic N) is 1. The summed E-state index contributed by atoms with van der Waals surface area (Å²) in [5.74, 6) is 0.731. The molecule has 24 heavy (non-hydrogen) atoms. The summed E-state index contributed by atoms with van der Waals surface area (Å²) >= 11 is 0. The molecule has 3 aromatic carbocycles. The van der Waals surface area contributed by atoms with Crippen LogP contribution in [0.4, 0.5) is 0 Å². The minimum absolute atomic E-state index is 0.0126. The lowest BCUT2D eigenvalue weighted by atomic mass is 10.0. The highest BCUT2D eigenvalue weighted by molar-refractivity contribution is 5.99. The van der Waals surface area contributed by atoms with Crippen LogP contribution in [0.3, 0.4) is 0 Å². The van der Waals surface area contributed by atoms with E-state index in [4.69, 9.17) is 4.74 Å². The molecule has 0 unspecified atom stereocenters. The van der Waals surface area contributed by atoms with Gasteiger partial charge >= 0.3 is 0 Å². The van der Waals surface area contributed by atoms with Crippen LogP contribution in [0.25, 0.3) is 32.9 Å². The van der Waals surface area contributed by atoms with Gasteiger partial charge in [0.15, 0.2) is 0 Å². The van der Waals surface area contributed by atoms with Crippen LogP contribution in [0.15, 0.2) is 66.7 Å². The van der Waals surface area contributed by atoms with E-state index in [1.807, 2.05) is 30.3 Å². The molecular formula is C21H17NO2. The zero-order valence-corrected chi connectivity index (χ0v) is 13.6. The van der Waals surface area contributed by atoms with Gasteiger partial charge in [0.05, 0.1) is 18.3 Å². The van der Waals surface area contributed by atoms with Crippen molar-refractivity contribution in [2.75, 3.05) is 7.11 Å². The molecule has 1 heterocycles. The first kappa shape index (κ1) is 14.5. The number of aromatic nitrogens is 1. The van der Waals surface area contributed by atoms with Crippen molar-refractivity contribution < 1.29 is 9.53 Å². The van der Waals surface area contributed by atoms with Gasteiger partial charge in [-0.15, -0.1) is 0 Å². The number of hydrogen-bond donors (Lipinski definition) is 0. The second kappa shape index (κ2) is 5.53. The molecule has 3 nitrogen and oxygen atoms in total. The fourth-order valence-corrected chi connectivity index (χ4v) is 3.21. The molecule has 0 aliphatic carbocycles. The molecule has 0 amide bonds. The van der Waals surface area contributed by atoms with Crippen molar-refractivity contribution >= 4 is 27.6 Å². The second-order valence-corrected chi connectivity index (χ2v) is 5.87. The van der Waals surface area contributed by atoms with E-state index >= 15 is 0 Å². The Kier molecular flexibility index (Phi) is 3.35. The lowest BCUT2D eigenvalue weighted by molar-refractivity contribution is 0.0943. The molecule has 0 radical (unpaired) electrons. The summed E-state index contributed by atoms with van der Waals surface area (Å²) in [5, 5.41) is 3.37. The zero-order valence-electron chi connectivity index (χ0n) is 13.6. The Morgan fingerprint density at radius 3 is 2.38 bits per heavy atom. The first-order valence-corrected chi connectivity index (χ1v) is 7.87. The quantitative estimate of drug-likeness (QED) is 0.513. The summed E-state index contributed by atoms with van der Waals surface area (Å²) in [4.78, 5) is 12.3. The van der Waals surface area contributed by atoms with Crippen molar-refractivity contribution in [3.05, 3.63) is 66.7 Å². The number of benzene rings is 3. The Morgan fingerprint density at radius 2 is 1.62 bits per heavy atom. The molecule has 0 saturated heterocycles. The second-order valence-electron chi connectivity index (χ2n) is 5.87. The first-order chi connectivity index (χ1) is 11.7. The molecular weight excluding hydrogens is 298 g/mol. The van der Waals surface area contributed by atoms with Crippen molar-refractivity contribution in [1.82, 2.24) is 4.57 Å². The zero-order chi connectivity index (χ0) is 16.7. The number of methoxy groups -OCH3 is 1. The minimum atomic E-state index is -0.0126. The molecule has 0 fully saturated rings. The van der Waals surface area contributed by atoms with Crippen LogP contribution in [0.1, 0.15) is 11.7 Å². The summed E-state index contributed by atoms with van der Waals surface area (Å²) in [6.07, 6.45) is 0. The van der Waals surface area contributed by atoms with Crippen molar-refractivity contribution in [2.24, 2.45) is 0 Å². The van der Waals surface area contributed by atoms with Crippen molar-refractivity contribution in [2.45, 2.75) is 6.92 Å². The van der Waals surface area contributed by atoms with Gasteiger partial charge in [-0.25, -0.2) is 0 Å². The van der Waals surface area contributed by atoms with Gasteiger partial charge in [0.2, 0.25) is 5.91 Å². The summed E-state index contributed by atoms with van der Waals surface area (Å²) in [7, 11) is 1.63. The highest BCUT2D eigenvalue weighted by atomic mass is 16.5. The predicted molar refractivity (Wildman–Crippen MR) is 97.7 cm³/mol. The number of ether oxygens (including phenoxy) is 1. The van der Waals surface area contributed by atoms with Gasteiger partial charge in [-0.2, -0.15) is 0 Å². The van der Waals surface area contributed by atoms with Gasteiger partial charge < -0.3 is 4.74 Å². The van der Waals surface area contributed by atoms with Crippen LogP contribution in [-0.4, -0.2) is 17.6 Å². The van der Waals surface area contributed by atoms with Crippen molar-refractivity contribution in [3.63, 3.8) is 0 Å². The predicted octanol–water partition coefficient (Wildman–Crippen LogP) is 5.13. The van der Waals surface area contributed by atoms with E-state index in [0.717, 1.165) is 33.3 Å². The maximum atomic E-state index is 12.3. The van der Waals surface area contributed by atoms with Gasteiger partial charge in [0.25, 0.3) is 0 Å². The maximum Gasteiger partial charge on any atom is 0.228 e. The monoisotopic (exact) mass is 315 g/mol. The summed E-state index contributed by atoms with van der Waals surface area (Å²) in [6.45, 7) is 1.59. The summed E-state index contributed by atoms with van der Waals surface area (Å²) in [5.41, 5.74) is 2.79. The third-order valence-corrected chi connectivity index (χ3v) is 4.37. The summed E-state index contributed by atoms with van der Waals surface area (Å²) in [6, 6.07) is 22.4. The van der Waals surface area contributed by atoms with Crippen LogP contribution >= 0.6 is 0 Å². The molecule has 0 saturated carbocycles. The Bertz CT molecular complexity index is 1080. The molecule has 0 N–H and O–H groups in total. The Balaban J connectivity index is 2.00. The number of hydrogen-bond acceptors (Lipinski definition) is 2. The van der Waals surface area contributed by atoms with E-state index in [-0.39, 0.29) is 5.91 Å². The van der Waals surface area contributed by atoms with E-state index < -0.39 is 0 Å². The number of rotatable bonds is 2. The third kappa shape index (κ3) is 2.26. The molecule has 1 aromatic heterocycles. The molecule has 0 bridgehead atoms. The lowest BCUT2D eigenvalue weighted by Crippen LogP contribution is -2.06. The molecule has 4 aromatic rings. The van der Waals surface area contributed by atoms with Gasteiger partial charge in [-0.05, 0) is 40.6 Å². The SMILES string of the molecule is COc1ccc2cc(-c3ccc4ccccc4c3)n(C(C)=O)c2c1. The molecule has 0 aliphatic heterocycles. The maximum absolute atomic E-state index is 12.3. The number of fused-ring (bicyclic) bond motifs is 2. The van der Waals surface area contributed by atoms with Crippen molar-refractivity contribution in [1.29, 1.82) is 0 Å². The normalized spacial score (nSPS) is 11.1. The van der Waals surface area contributed by atoms with Gasteiger partial charge in [-0.1, -0.05) is 36.4 Å². The van der Waals surface area contributed by atoms with Crippen LogP contribution in [-0.2, 0) is 0 Å². The topological polar surface area (TPSA) is 31.2 Å². The molecule has 0 aliphatic rings. The highest BCUT2D eigenvalue weighted by Crippen LogP contribution is 2.32. The van der Waals surface area contributed by atoms with Gasteiger partial charge in [-0.3, -0.25) is 9.36 Å². The number of carbonyl (C=O) groups excluding carboxylic acids is 1. The first-order valence-electron chi connectivity index (χ1n) is 7.87. The molecule has 118 valence electrons. The number of carbonyl (C=O) groups is 1. The smallest absolute Gasteiger partial charge is 0.228 e. The van der Waals surface area contributed by atoms with E-state index in [0.29, 0.717) is 0 Å². The van der Waals surface area contributed by atoms with E-state index in [1.54, 1.807) is 18.6 Å². The molecule has 0 spiro atoms.